The van der Waals surface area contributed by atoms with Crippen molar-refractivity contribution in [2.75, 3.05) is 0 Å². The Kier molecular flexibility index (Phi) is 1.97. The summed E-state index contributed by atoms with van der Waals surface area (Å²) in [6, 6.07) is 7.98. The molecular formula is C11H12N2. The van der Waals surface area contributed by atoms with Crippen LogP contribution in [0.4, 0.5) is 0 Å². The zero-order valence-corrected chi connectivity index (χ0v) is 7.91. The van der Waals surface area contributed by atoms with E-state index in [-0.39, 0.29) is 0 Å². The summed E-state index contributed by atoms with van der Waals surface area (Å²) in [7, 11) is 0. The number of aryl methyl sites for hydroxylation is 2. The predicted octanol–water partition coefficient (Wildman–Crippen LogP) is 2.50. The first-order valence-corrected chi connectivity index (χ1v) is 4.53. The third kappa shape index (κ3) is 1.39. The van der Waals surface area contributed by atoms with Gasteiger partial charge in [-0.2, -0.15) is 0 Å². The number of hydrogen-bond donors (Lipinski definition) is 0. The van der Waals surface area contributed by atoms with Gasteiger partial charge >= 0.3 is 0 Å². The second-order valence-corrected chi connectivity index (χ2v) is 3.10. The van der Waals surface area contributed by atoms with Crippen molar-refractivity contribution in [1.82, 2.24) is 9.97 Å². The van der Waals surface area contributed by atoms with Crippen molar-refractivity contribution in [2.24, 2.45) is 0 Å². The minimum absolute atomic E-state index is 0.948. The molecule has 2 rings (SSSR count). The molecule has 0 aliphatic heterocycles. The maximum atomic E-state index is 4.53. The van der Waals surface area contributed by atoms with Gasteiger partial charge in [-0.1, -0.05) is 19.1 Å². The highest BCUT2D eigenvalue weighted by atomic mass is 14.8. The van der Waals surface area contributed by atoms with Gasteiger partial charge in [-0.3, -0.25) is 0 Å². The number of rotatable bonds is 1. The van der Waals surface area contributed by atoms with E-state index in [1.807, 2.05) is 31.2 Å². The van der Waals surface area contributed by atoms with Crippen LogP contribution in [-0.4, -0.2) is 9.97 Å². The van der Waals surface area contributed by atoms with Crippen LogP contribution in [0.15, 0.2) is 24.3 Å². The monoisotopic (exact) mass is 172 g/mol. The molecule has 2 aromatic rings. The molecule has 1 heterocycles. The summed E-state index contributed by atoms with van der Waals surface area (Å²) in [4.78, 5) is 9.01. The molecule has 1 aromatic carbocycles. The number of nitrogens with zero attached hydrogens (tertiary/aromatic N) is 2. The van der Waals surface area contributed by atoms with Crippen molar-refractivity contribution in [3.05, 3.63) is 35.7 Å². The SMILES string of the molecule is CCc1nc2ccccc2nc1C. The van der Waals surface area contributed by atoms with Crippen molar-refractivity contribution in [3.8, 4) is 0 Å². The summed E-state index contributed by atoms with van der Waals surface area (Å²) in [5, 5.41) is 0. The molecule has 2 heteroatoms. The average molecular weight is 172 g/mol. The minimum atomic E-state index is 0.948. The zero-order valence-electron chi connectivity index (χ0n) is 7.91. The maximum absolute atomic E-state index is 4.53. The van der Waals surface area contributed by atoms with Crippen LogP contribution < -0.4 is 0 Å². The number of benzene rings is 1. The van der Waals surface area contributed by atoms with E-state index in [1.54, 1.807) is 0 Å². The van der Waals surface area contributed by atoms with Gasteiger partial charge in [0.05, 0.1) is 22.4 Å². The Morgan fingerprint density at radius 1 is 1.08 bits per heavy atom. The smallest absolute Gasteiger partial charge is 0.0890 e. The van der Waals surface area contributed by atoms with Gasteiger partial charge in [0.1, 0.15) is 0 Å². The number of para-hydroxylation sites is 2. The van der Waals surface area contributed by atoms with E-state index in [0.29, 0.717) is 0 Å². The lowest BCUT2D eigenvalue weighted by Crippen LogP contribution is -1.96. The molecule has 0 atom stereocenters. The quantitative estimate of drug-likeness (QED) is 0.660. The molecule has 2 nitrogen and oxygen atoms in total. The second-order valence-electron chi connectivity index (χ2n) is 3.10. The Labute approximate surface area is 77.6 Å². The normalized spacial score (nSPS) is 10.6. The summed E-state index contributed by atoms with van der Waals surface area (Å²) < 4.78 is 0. The van der Waals surface area contributed by atoms with Crippen LogP contribution in [-0.2, 0) is 6.42 Å². The number of fused-ring (bicyclic) bond motifs is 1. The summed E-state index contributed by atoms with van der Waals surface area (Å²) >= 11 is 0. The van der Waals surface area contributed by atoms with Crippen LogP contribution >= 0.6 is 0 Å². The van der Waals surface area contributed by atoms with Crippen LogP contribution in [0.25, 0.3) is 11.0 Å². The van der Waals surface area contributed by atoms with Gasteiger partial charge in [0, 0.05) is 0 Å². The molecule has 0 N–H and O–H groups in total. The zero-order chi connectivity index (χ0) is 9.26. The van der Waals surface area contributed by atoms with Crippen molar-refractivity contribution in [2.45, 2.75) is 20.3 Å². The van der Waals surface area contributed by atoms with Crippen molar-refractivity contribution in [3.63, 3.8) is 0 Å². The van der Waals surface area contributed by atoms with E-state index >= 15 is 0 Å². The fourth-order valence-corrected chi connectivity index (χ4v) is 1.46. The molecule has 0 bridgehead atoms. The van der Waals surface area contributed by atoms with E-state index in [0.717, 1.165) is 28.8 Å². The highest BCUT2D eigenvalue weighted by molar-refractivity contribution is 5.74. The molecule has 0 saturated carbocycles. The topological polar surface area (TPSA) is 25.8 Å². The second kappa shape index (κ2) is 3.13. The van der Waals surface area contributed by atoms with Crippen LogP contribution in [0.1, 0.15) is 18.3 Å². The van der Waals surface area contributed by atoms with Gasteiger partial charge in [0.15, 0.2) is 0 Å². The lowest BCUT2D eigenvalue weighted by Gasteiger charge is -2.03. The Hall–Kier alpha value is -1.44. The van der Waals surface area contributed by atoms with Gasteiger partial charge in [-0.15, -0.1) is 0 Å². The molecule has 0 unspecified atom stereocenters. The molecule has 0 aliphatic rings. The van der Waals surface area contributed by atoms with Crippen molar-refractivity contribution in [1.29, 1.82) is 0 Å². The molecule has 0 fully saturated rings. The number of aromatic nitrogens is 2. The highest BCUT2D eigenvalue weighted by Gasteiger charge is 2.01. The Morgan fingerprint density at radius 2 is 1.69 bits per heavy atom. The molecule has 0 spiro atoms. The molecule has 1 aromatic heterocycles. The van der Waals surface area contributed by atoms with Gasteiger partial charge in [0.25, 0.3) is 0 Å². The summed E-state index contributed by atoms with van der Waals surface area (Å²) in [5.74, 6) is 0. The van der Waals surface area contributed by atoms with Gasteiger partial charge in [-0.25, -0.2) is 9.97 Å². The first-order valence-electron chi connectivity index (χ1n) is 4.53. The van der Waals surface area contributed by atoms with Crippen molar-refractivity contribution < 1.29 is 0 Å². The molecule has 0 aliphatic carbocycles. The van der Waals surface area contributed by atoms with E-state index < -0.39 is 0 Å². The Balaban J connectivity index is 2.74. The van der Waals surface area contributed by atoms with E-state index in [1.165, 1.54) is 0 Å². The molecule has 0 amide bonds. The van der Waals surface area contributed by atoms with Crippen LogP contribution in [0.3, 0.4) is 0 Å². The highest BCUT2D eigenvalue weighted by Crippen LogP contribution is 2.11. The molecule has 13 heavy (non-hydrogen) atoms. The lowest BCUT2D eigenvalue weighted by atomic mass is 10.2. The third-order valence-corrected chi connectivity index (χ3v) is 2.18. The standard InChI is InChI=1S/C11H12N2/c1-3-9-8(2)12-10-6-4-5-7-11(10)13-9/h4-7H,3H2,1-2H3. The van der Waals surface area contributed by atoms with E-state index in [9.17, 15) is 0 Å². The van der Waals surface area contributed by atoms with Gasteiger partial charge in [0.2, 0.25) is 0 Å². The molecule has 0 radical (unpaired) electrons. The predicted molar refractivity (Wildman–Crippen MR) is 53.7 cm³/mol. The molecule has 0 saturated heterocycles. The van der Waals surface area contributed by atoms with E-state index in [2.05, 4.69) is 16.9 Å². The Bertz CT molecular complexity index is 435. The lowest BCUT2D eigenvalue weighted by molar-refractivity contribution is 0.989. The summed E-state index contributed by atoms with van der Waals surface area (Å²) in [6.45, 7) is 4.12. The maximum Gasteiger partial charge on any atom is 0.0890 e. The first kappa shape index (κ1) is 8.17. The van der Waals surface area contributed by atoms with Crippen molar-refractivity contribution >= 4 is 11.0 Å². The minimum Gasteiger partial charge on any atom is -0.250 e. The average Bonchev–Trinajstić information content (AvgIpc) is 2.17. The Morgan fingerprint density at radius 3 is 2.31 bits per heavy atom. The van der Waals surface area contributed by atoms with Gasteiger partial charge < -0.3 is 0 Å². The van der Waals surface area contributed by atoms with Crippen LogP contribution in [0.5, 0.6) is 0 Å². The van der Waals surface area contributed by atoms with Crippen LogP contribution in [0.2, 0.25) is 0 Å². The molecular weight excluding hydrogens is 160 g/mol. The largest absolute Gasteiger partial charge is 0.250 e. The molecule has 66 valence electrons. The fraction of sp³-hybridized carbons (Fsp3) is 0.273. The van der Waals surface area contributed by atoms with Gasteiger partial charge in [-0.05, 0) is 25.5 Å². The third-order valence-electron chi connectivity index (χ3n) is 2.18. The first-order chi connectivity index (χ1) is 6.31. The van der Waals surface area contributed by atoms with Crippen LogP contribution in [0, 0.1) is 6.92 Å². The number of hydrogen-bond acceptors (Lipinski definition) is 2. The fourth-order valence-electron chi connectivity index (χ4n) is 1.46. The van der Waals surface area contributed by atoms with E-state index in [4.69, 9.17) is 0 Å². The summed E-state index contributed by atoms with van der Waals surface area (Å²) in [6.07, 6.45) is 0.948. The summed E-state index contributed by atoms with van der Waals surface area (Å²) in [5.41, 5.74) is 4.11.